The number of amides is 1. The SMILES string of the molecule is COc1ccc2c(c1)C(=O)CC(CCN1CCC3(CC1)NCNC3=O)C2. The number of hydrogen-bond acceptors (Lipinski definition) is 5. The normalized spacial score (nSPS) is 25.2. The second-order valence-corrected chi connectivity index (χ2v) is 7.79. The summed E-state index contributed by atoms with van der Waals surface area (Å²) >= 11 is 0. The molecule has 6 heteroatoms. The third-order valence-corrected chi connectivity index (χ3v) is 6.27. The fraction of sp³-hybridized carbons (Fsp3) is 0.600. The molecule has 1 atom stereocenters. The fourth-order valence-corrected chi connectivity index (χ4v) is 4.55. The quantitative estimate of drug-likeness (QED) is 0.851. The monoisotopic (exact) mass is 357 g/mol. The highest BCUT2D eigenvalue weighted by Crippen LogP contribution is 2.31. The van der Waals surface area contributed by atoms with Gasteiger partial charge in [0, 0.05) is 25.1 Å². The van der Waals surface area contributed by atoms with Gasteiger partial charge in [-0.1, -0.05) is 6.07 Å². The second-order valence-electron chi connectivity index (χ2n) is 7.79. The van der Waals surface area contributed by atoms with E-state index in [1.807, 2.05) is 18.2 Å². The molecule has 3 aliphatic rings. The molecule has 1 unspecified atom stereocenters. The van der Waals surface area contributed by atoms with Crippen LogP contribution in [0.15, 0.2) is 18.2 Å². The number of nitrogens with zero attached hydrogens (tertiary/aromatic N) is 1. The minimum Gasteiger partial charge on any atom is -0.497 e. The molecule has 0 aromatic heterocycles. The molecule has 1 amide bonds. The first-order chi connectivity index (χ1) is 12.6. The van der Waals surface area contributed by atoms with Gasteiger partial charge in [0.1, 0.15) is 11.3 Å². The average molecular weight is 357 g/mol. The van der Waals surface area contributed by atoms with E-state index in [4.69, 9.17) is 4.74 Å². The van der Waals surface area contributed by atoms with Gasteiger partial charge in [0.2, 0.25) is 5.91 Å². The van der Waals surface area contributed by atoms with Crippen LogP contribution in [-0.2, 0) is 11.2 Å². The number of hydrogen-bond donors (Lipinski definition) is 2. The fourth-order valence-electron chi connectivity index (χ4n) is 4.55. The molecule has 2 aliphatic heterocycles. The Labute approximate surface area is 154 Å². The summed E-state index contributed by atoms with van der Waals surface area (Å²) in [7, 11) is 1.63. The number of piperidine rings is 1. The van der Waals surface area contributed by atoms with Crippen LogP contribution in [0.1, 0.15) is 41.6 Å². The Balaban J connectivity index is 1.31. The van der Waals surface area contributed by atoms with E-state index in [1.54, 1.807) is 7.11 Å². The Kier molecular flexibility index (Phi) is 4.71. The maximum Gasteiger partial charge on any atom is 0.241 e. The number of methoxy groups -OCH3 is 1. The Morgan fingerprint density at radius 3 is 2.73 bits per heavy atom. The molecule has 26 heavy (non-hydrogen) atoms. The molecule has 2 fully saturated rings. The number of Topliss-reactive ketones (excluding diaryl/α,β-unsaturated/α-hetero) is 1. The van der Waals surface area contributed by atoms with Crippen molar-refractivity contribution < 1.29 is 14.3 Å². The van der Waals surface area contributed by atoms with Crippen LogP contribution in [0.3, 0.4) is 0 Å². The molecule has 2 heterocycles. The van der Waals surface area contributed by atoms with Gasteiger partial charge in [-0.3, -0.25) is 14.9 Å². The molecular weight excluding hydrogens is 330 g/mol. The lowest BCUT2D eigenvalue weighted by atomic mass is 9.81. The van der Waals surface area contributed by atoms with Gasteiger partial charge in [-0.25, -0.2) is 0 Å². The molecule has 1 aromatic carbocycles. The first-order valence-corrected chi connectivity index (χ1v) is 9.55. The summed E-state index contributed by atoms with van der Waals surface area (Å²) in [6.07, 6.45) is 4.36. The summed E-state index contributed by atoms with van der Waals surface area (Å²) in [5, 5.41) is 6.22. The van der Waals surface area contributed by atoms with E-state index in [0.717, 1.165) is 62.2 Å². The summed E-state index contributed by atoms with van der Waals surface area (Å²) in [5.74, 6) is 1.55. The van der Waals surface area contributed by atoms with Crippen molar-refractivity contribution in [2.24, 2.45) is 5.92 Å². The van der Waals surface area contributed by atoms with Gasteiger partial charge in [0.05, 0.1) is 13.8 Å². The van der Waals surface area contributed by atoms with Gasteiger partial charge < -0.3 is 15.0 Å². The summed E-state index contributed by atoms with van der Waals surface area (Å²) in [6.45, 7) is 3.47. The van der Waals surface area contributed by atoms with Crippen LogP contribution in [0.2, 0.25) is 0 Å². The lowest BCUT2D eigenvalue weighted by molar-refractivity contribution is -0.125. The number of carbonyl (C=O) groups excluding carboxylic acids is 2. The number of benzene rings is 1. The van der Waals surface area contributed by atoms with E-state index in [1.165, 1.54) is 0 Å². The van der Waals surface area contributed by atoms with Crippen LogP contribution in [0.25, 0.3) is 0 Å². The van der Waals surface area contributed by atoms with Crippen LogP contribution < -0.4 is 15.4 Å². The summed E-state index contributed by atoms with van der Waals surface area (Å²) < 4.78 is 5.24. The molecule has 2 N–H and O–H groups in total. The smallest absolute Gasteiger partial charge is 0.241 e. The Morgan fingerprint density at radius 2 is 2.04 bits per heavy atom. The first kappa shape index (κ1) is 17.5. The molecule has 4 rings (SSSR count). The van der Waals surface area contributed by atoms with Crippen molar-refractivity contribution in [1.29, 1.82) is 0 Å². The third-order valence-electron chi connectivity index (χ3n) is 6.27. The second kappa shape index (κ2) is 7.00. The molecule has 1 aliphatic carbocycles. The highest BCUT2D eigenvalue weighted by molar-refractivity contribution is 5.99. The van der Waals surface area contributed by atoms with E-state index in [-0.39, 0.29) is 17.2 Å². The number of fused-ring (bicyclic) bond motifs is 1. The first-order valence-electron chi connectivity index (χ1n) is 9.55. The molecule has 0 bridgehead atoms. The summed E-state index contributed by atoms with van der Waals surface area (Å²) in [5.41, 5.74) is 1.64. The lowest BCUT2D eigenvalue weighted by Crippen LogP contribution is -2.54. The maximum atomic E-state index is 12.5. The van der Waals surface area contributed by atoms with Crippen LogP contribution in [0.4, 0.5) is 0 Å². The van der Waals surface area contributed by atoms with Gasteiger partial charge in [-0.05, 0) is 55.8 Å². The van der Waals surface area contributed by atoms with Gasteiger partial charge in [-0.15, -0.1) is 0 Å². The van der Waals surface area contributed by atoms with Crippen molar-refractivity contribution in [3.63, 3.8) is 0 Å². The number of likely N-dealkylation sites (tertiary alicyclic amines) is 1. The zero-order chi connectivity index (χ0) is 18.1. The molecule has 140 valence electrons. The van der Waals surface area contributed by atoms with Gasteiger partial charge in [0.25, 0.3) is 0 Å². The Bertz CT molecular complexity index is 710. The van der Waals surface area contributed by atoms with Crippen LogP contribution >= 0.6 is 0 Å². The van der Waals surface area contributed by atoms with Gasteiger partial charge in [0.15, 0.2) is 5.78 Å². The average Bonchev–Trinajstić information content (AvgIpc) is 3.01. The molecule has 0 radical (unpaired) electrons. The largest absolute Gasteiger partial charge is 0.497 e. The highest BCUT2D eigenvalue weighted by Gasteiger charge is 2.44. The van der Waals surface area contributed by atoms with Crippen LogP contribution in [0.5, 0.6) is 5.75 Å². The number of ketones is 1. The molecule has 0 saturated carbocycles. The lowest BCUT2D eigenvalue weighted by Gasteiger charge is -2.38. The number of nitrogens with one attached hydrogen (secondary N) is 2. The molecule has 1 aromatic rings. The zero-order valence-electron chi connectivity index (χ0n) is 15.3. The van der Waals surface area contributed by atoms with E-state index in [2.05, 4.69) is 15.5 Å². The standard InChI is InChI=1S/C20H27N3O3/c1-26-16-3-2-15-10-14(11-18(24)17(15)12-16)4-7-23-8-5-20(6-9-23)19(25)21-13-22-20/h2-3,12,14,22H,4-11,13H2,1H3,(H,21,25). The predicted molar refractivity (Wildman–Crippen MR) is 98.3 cm³/mol. The van der Waals surface area contributed by atoms with E-state index >= 15 is 0 Å². The van der Waals surface area contributed by atoms with Gasteiger partial charge in [-0.2, -0.15) is 0 Å². The Hall–Kier alpha value is -1.92. The van der Waals surface area contributed by atoms with Crippen molar-refractivity contribution in [2.45, 2.75) is 37.6 Å². The topological polar surface area (TPSA) is 70.7 Å². The number of carbonyl (C=O) groups is 2. The van der Waals surface area contributed by atoms with Crippen molar-refractivity contribution in [3.05, 3.63) is 29.3 Å². The summed E-state index contributed by atoms with van der Waals surface area (Å²) in [4.78, 5) is 27.0. The molecule has 6 nitrogen and oxygen atoms in total. The van der Waals surface area contributed by atoms with E-state index in [9.17, 15) is 9.59 Å². The van der Waals surface area contributed by atoms with E-state index < -0.39 is 0 Å². The number of ether oxygens (including phenoxy) is 1. The van der Waals surface area contributed by atoms with Crippen LogP contribution in [0, 0.1) is 5.92 Å². The zero-order valence-corrected chi connectivity index (χ0v) is 15.3. The molecular formula is C20H27N3O3. The summed E-state index contributed by atoms with van der Waals surface area (Å²) in [6, 6.07) is 5.85. The predicted octanol–water partition coefficient (Wildman–Crippen LogP) is 1.34. The van der Waals surface area contributed by atoms with Crippen molar-refractivity contribution in [1.82, 2.24) is 15.5 Å². The molecule has 2 saturated heterocycles. The van der Waals surface area contributed by atoms with E-state index in [0.29, 0.717) is 19.0 Å². The third kappa shape index (κ3) is 3.23. The van der Waals surface area contributed by atoms with Crippen molar-refractivity contribution >= 4 is 11.7 Å². The Morgan fingerprint density at radius 1 is 1.23 bits per heavy atom. The minimum atomic E-state index is -0.338. The number of rotatable bonds is 4. The maximum absolute atomic E-state index is 12.5. The van der Waals surface area contributed by atoms with Crippen LogP contribution in [-0.4, -0.2) is 55.5 Å². The van der Waals surface area contributed by atoms with Crippen molar-refractivity contribution in [2.75, 3.05) is 33.4 Å². The molecule has 1 spiro atoms. The minimum absolute atomic E-state index is 0.155. The van der Waals surface area contributed by atoms with Gasteiger partial charge >= 0.3 is 0 Å². The van der Waals surface area contributed by atoms with Crippen molar-refractivity contribution in [3.8, 4) is 5.75 Å². The highest BCUT2D eigenvalue weighted by atomic mass is 16.5.